The fourth-order valence-corrected chi connectivity index (χ4v) is 4.03. The summed E-state index contributed by atoms with van der Waals surface area (Å²) in [6, 6.07) is 12.2. The Balaban J connectivity index is 1.55. The smallest absolute Gasteiger partial charge is 0.229 e. The van der Waals surface area contributed by atoms with Gasteiger partial charge in [0.2, 0.25) is 5.95 Å². The van der Waals surface area contributed by atoms with Crippen LogP contribution in [-0.2, 0) is 4.74 Å². The third-order valence-electron chi connectivity index (χ3n) is 5.57. The van der Waals surface area contributed by atoms with E-state index < -0.39 is 5.82 Å². The minimum Gasteiger partial charge on any atom is -0.378 e. The molecule has 7 nitrogen and oxygen atoms in total. The second kappa shape index (κ2) is 8.80. The van der Waals surface area contributed by atoms with Crippen molar-refractivity contribution in [3.8, 4) is 11.1 Å². The highest BCUT2D eigenvalue weighted by Gasteiger charge is 2.19. The number of Topliss-reactive ketones (excluding diaryl/α,β-unsaturated/α-hetero) is 1. The SMILES string of the molecule is CC(=O)c1cc2cc(-c3cnc(Nc4ccc(F)c(Cl)c4)nc3N3CCOCC3)ccc2[nH]1. The van der Waals surface area contributed by atoms with E-state index in [-0.39, 0.29) is 10.8 Å². The number of halogens is 2. The first-order valence-corrected chi connectivity index (χ1v) is 10.9. The molecule has 33 heavy (non-hydrogen) atoms. The third kappa shape index (κ3) is 4.40. The average Bonchev–Trinajstić information content (AvgIpc) is 3.26. The minimum absolute atomic E-state index is 0.0126. The van der Waals surface area contributed by atoms with Crippen molar-refractivity contribution in [2.75, 3.05) is 36.5 Å². The van der Waals surface area contributed by atoms with E-state index in [2.05, 4.69) is 20.2 Å². The van der Waals surface area contributed by atoms with Crippen LogP contribution < -0.4 is 10.2 Å². The number of fused-ring (bicyclic) bond motifs is 1. The molecule has 1 fully saturated rings. The van der Waals surface area contributed by atoms with Gasteiger partial charge in [0.1, 0.15) is 11.6 Å². The van der Waals surface area contributed by atoms with Gasteiger partial charge in [-0.05, 0) is 42.0 Å². The Labute approximate surface area is 194 Å². The molecule has 168 valence electrons. The van der Waals surface area contributed by atoms with E-state index in [1.54, 1.807) is 12.3 Å². The summed E-state index contributed by atoms with van der Waals surface area (Å²) in [6.07, 6.45) is 1.77. The predicted octanol–water partition coefficient (Wildman–Crippen LogP) is 5.20. The maximum Gasteiger partial charge on any atom is 0.229 e. The summed E-state index contributed by atoms with van der Waals surface area (Å²) >= 11 is 5.91. The number of anilines is 3. The van der Waals surface area contributed by atoms with Gasteiger partial charge in [-0.3, -0.25) is 4.79 Å². The zero-order valence-corrected chi connectivity index (χ0v) is 18.6. The highest BCUT2D eigenvalue weighted by atomic mass is 35.5. The topological polar surface area (TPSA) is 83.1 Å². The Morgan fingerprint density at radius 2 is 2.00 bits per heavy atom. The normalized spacial score (nSPS) is 14.0. The van der Waals surface area contributed by atoms with Crippen molar-refractivity contribution in [2.45, 2.75) is 6.92 Å². The summed E-state index contributed by atoms with van der Waals surface area (Å²) < 4.78 is 19.0. The van der Waals surface area contributed by atoms with Crippen LogP contribution in [0.1, 0.15) is 17.4 Å². The van der Waals surface area contributed by atoms with Crippen molar-refractivity contribution in [3.05, 3.63) is 65.2 Å². The maximum absolute atomic E-state index is 13.5. The first kappa shape index (κ1) is 21.4. The second-order valence-corrected chi connectivity index (χ2v) is 8.23. The molecule has 0 atom stereocenters. The molecular formula is C24H21ClFN5O2. The molecule has 5 rings (SSSR count). The molecule has 1 saturated heterocycles. The zero-order chi connectivity index (χ0) is 22.9. The van der Waals surface area contributed by atoms with Crippen LogP contribution in [0.3, 0.4) is 0 Å². The van der Waals surface area contributed by atoms with E-state index in [1.165, 1.54) is 19.1 Å². The molecule has 1 aliphatic rings. The van der Waals surface area contributed by atoms with Crippen molar-refractivity contribution in [3.63, 3.8) is 0 Å². The summed E-state index contributed by atoms with van der Waals surface area (Å²) in [4.78, 5) is 26.3. The Morgan fingerprint density at radius 1 is 1.18 bits per heavy atom. The lowest BCUT2D eigenvalue weighted by molar-refractivity contribution is 0.101. The fraction of sp³-hybridized carbons (Fsp3) is 0.208. The van der Waals surface area contributed by atoms with Crippen LogP contribution in [0.15, 0.2) is 48.7 Å². The van der Waals surface area contributed by atoms with Crippen LogP contribution in [0, 0.1) is 5.82 Å². The predicted molar refractivity (Wildman–Crippen MR) is 127 cm³/mol. The summed E-state index contributed by atoms with van der Waals surface area (Å²) in [5, 5.41) is 4.06. The van der Waals surface area contributed by atoms with Crippen molar-refractivity contribution in [1.82, 2.24) is 15.0 Å². The molecule has 0 unspecified atom stereocenters. The van der Waals surface area contributed by atoms with Gasteiger partial charge in [-0.2, -0.15) is 4.98 Å². The van der Waals surface area contributed by atoms with Gasteiger partial charge < -0.3 is 19.9 Å². The number of nitrogens with one attached hydrogen (secondary N) is 2. The number of benzene rings is 2. The first-order chi connectivity index (χ1) is 16.0. The molecule has 0 bridgehead atoms. The largest absolute Gasteiger partial charge is 0.378 e. The number of aromatic amines is 1. The number of aromatic nitrogens is 3. The standard InChI is InChI=1S/C24H21ClFN5O2/c1-14(32)22-11-16-10-15(2-5-21(16)29-22)18-13-27-24(28-17-3-4-20(26)19(25)12-17)30-23(18)31-6-8-33-9-7-31/h2-5,10-13,29H,6-9H2,1H3,(H,27,28,30). The summed E-state index contributed by atoms with van der Waals surface area (Å²) in [5.41, 5.74) is 3.86. The van der Waals surface area contributed by atoms with Gasteiger partial charge in [0.15, 0.2) is 5.78 Å². The number of H-pyrrole nitrogens is 1. The third-order valence-corrected chi connectivity index (χ3v) is 5.86. The molecule has 0 aliphatic carbocycles. The molecule has 0 saturated carbocycles. The van der Waals surface area contributed by atoms with E-state index in [0.29, 0.717) is 43.6 Å². The average molecular weight is 466 g/mol. The molecule has 3 heterocycles. The fourth-order valence-electron chi connectivity index (χ4n) is 3.85. The van der Waals surface area contributed by atoms with Gasteiger partial charge in [0.25, 0.3) is 0 Å². The lowest BCUT2D eigenvalue weighted by atomic mass is 10.1. The zero-order valence-electron chi connectivity index (χ0n) is 17.9. The van der Waals surface area contributed by atoms with Gasteiger partial charge in [-0.25, -0.2) is 9.37 Å². The van der Waals surface area contributed by atoms with Crippen molar-refractivity contribution >= 4 is 45.7 Å². The van der Waals surface area contributed by atoms with E-state index in [4.69, 9.17) is 21.3 Å². The van der Waals surface area contributed by atoms with Crippen molar-refractivity contribution in [2.24, 2.45) is 0 Å². The van der Waals surface area contributed by atoms with Crippen LogP contribution in [0.5, 0.6) is 0 Å². The Hall–Kier alpha value is -3.49. The van der Waals surface area contributed by atoms with E-state index in [9.17, 15) is 9.18 Å². The van der Waals surface area contributed by atoms with Crippen LogP contribution in [0.25, 0.3) is 22.0 Å². The Kier molecular flexibility index (Phi) is 5.70. The lowest BCUT2D eigenvalue weighted by Gasteiger charge is -2.29. The molecule has 9 heteroatoms. The summed E-state index contributed by atoms with van der Waals surface area (Å²) in [5.74, 6) is 0.650. The Morgan fingerprint density at radius 3 is 2.76 bits per heavy atom. The van der Waals surface area contributed by atoms with Gasteiger partial charge in [0.05, 0.1) is 23.9 Å². The van der Waals surface area contributed by atoms with Crippen LogP contribution in [0.2, 0.25) is 5.02 Å². The molecule has 1 aliphatic heterocycles. The molecule has 2 aromatic carbocycles. The van der Waals surface area contributed by atoms with E-state index in [1.807, 2.05) is 24.3 Å². The van der Waals surface area contributed by atoms with Crippen LogP contribution in [-0.4, -0.2) is 47.0 Å². The van der Waals surface area contributed by atoms with Gasteiger partial charge >= 0.3 is 0 Å². The second-order valence-electron chi connectivity index (χ2n) is 7.83. The van der Waals surface area contributed by atoms with Crippen molar-refractivity contribution < 1.29 is 13.9 Å². The lowest BCUT2D eigenvalue weighted by Crippen LogP contribution is -2.37. The van der Waals surface area contributed by atoms with Gasteiger partial charge in [-0.1, -0.05) is 17.7 Å². The molecular weight excluding hydrogens is 445 g/mol. The number of morpholine rings is 1. The molecule has 2 N–H and O–H groups in total. The van der Waals surface area contributed by atoms with Crippen molar-refractivity contribution in [1.29, 1.82) is 0 Å². The highest BCUT2D eigenvalue weighted by molar-refractivity contribution is 6.31. The number of nitrogens with zero attached hydrogens (tertiary/aromatic N) is 3. The number of carbonyl (C=O) groups is 1. The Bertz CT molecular complexity index is 1350. The van der Waals surface area contributed by atoms with Crippen LogP contribution in [0.4, 0.5) is 21.8 Å². The number of ketones is 1. The van der Waals surface area contributed by atoms with Gasteiger partial charge in [0, 0.05) is 48.4 Å². The molecule has 0 spiro atoms. The minimum atomic E-state index is -0.486. The first-order valence-electron chi connectivity index (χ1n) is 10.5. The summed E-state index contributed by atoms with van der Waals surface area (Å²) in [7, 11) is 0. The number of hydrogen-bond donors (Lipinski definition) is 2. The van der Waals surface area contributed by atoms with Gasteiger partial charge in [-0.15, -0.1) is 0 Å². The number of ether oxygens (including phenoxy) is 1. The van der Waals surface area contributed by atoms with Crippen LogP contribution >= 0.6 is 11.6 Å². The monoisotopic (exact) mass is 465 g/mol. The highest BCUT2D eigenvalue weighted by Crippen LogP contribution is 2.33. The number of hydrogen-bond acceptors (Lipinski definition) is 6. The number of carbonyl (C=O) groups excluding carboxylic acids is 1. The molecule has 0 radical (unpaired) electrons. The number of rotatable bonds is 5. The quantitative estimate of drug-likeness (QED) is 0.394. The molecule has 0 amide bonds. The molecule has 4 aromatic rings. The molecule has 2 aromatic heterocycles. The maximum atomic E-state index is 13.5. The summed E-state index contributed by atoms with van der Waals surface area (Å²) in [6.45, 7) is 4.16. The van der Waals surface area contributed by atoms with E-state index >= 15 is 0 Å². The van der Waals surface area contributed by atoms with E-state index in [0.717, 1.165) is 27.8 Å².